The summed E-state index contributed by atoms with van der Waals surface area (Å²) >= 11 is 0. The molecule has 65 heavy (non-hydrogen) atoms. The molecule has 0 aromatic heterocycles. The first-order valence-corrected chi connectivity index (χ1v) is 21.4. The largest absolute Gasteiger partial charge is 0.460 e. The standard InChI is InChI=1S/C25H39N3O8.C19H30N4O6/c1-25(2,3)36-22(30)10-7-14-33-16-17-34-15-13-27-23(31)20(11-12-21(26)29)28-24(32)35-18-19-8-5-4-6-9-19;20-8-10-27-12-13-28-11-9-22-18(25)16(6-7-17(21)24)23-19(26)29-14-15-4-2-1-3-5-15/h4-6,8-9,20H,7,10-18H2,1-3H3,(H2,26,29)(H,27,31)(H,28,32);1-5,16H,6-14,20H2,(H2,21,24)(H,22,25)(H,23,26). The summed E-state index contributed by atoms with van der Waals surface area (Å²) in [5.41, 5.74) is 16.7. The van der Waals surface area contributed by atoms with Crippen molar-refractivity contribution in [2.24, 2.45) is 17.2 Å². The minimum absolute atomic E-state index is 0.0413. The first-order valence-electron chi connectivity index (χ1n) is 21.4. The molecule has 0 aliphatic carbocycles. The molecule has 10 N–H and O–H groups in total. The highest BCUT2D eigenvalue weighted by molar-refractivity contribution is 5.87. The average molecular weight is 920 g/mol. The second-order valence-corrected chi connectivity index (χ2v) is 15.0. The van der Waals surface area contributed by atoms with Gasteiger partial charge in [0.2, 0.25) is 23.6 Å². The van der Waals surface area contributed by atoms with E-state index in [0.717, 1.165) is 11.1 Å². The van der Waals surface area contributed by atoms with E-state index in [9.17, 15) is 33.6 Å². The van der Waals surface area contributed by atoms with Gasteiger partial charge in [-0.15, -0.1) is 0 Å². The highest BCUT2D eigenvalue weighted by Gasteiger charge is 2.23. The van der Waals surface area contributed by atoms with Gasteiger partial charge in [-0.2, -0.15) is 0 Å². The molecule has 2 aromatic rings. The van der Waals surface area contributed by atoms with Crippen LogP contribution in [0.4, 0.5) is 9.59 Å². The quantitative estimate of drug-likeness (QED) is 0.0311. The normalized spacial score (nSPS) is 11.7. The predicted molar refractivity (Wildman–Crippen MR) is 237 cm³/mol. The molecule has 2 unspecified atom stereocenters. The molecule has 2 rings (SSSR count). The number of hydrogen-bond donors (Lipinski definition) is 7. The lowest BCUT2D eigenvalue weighted by atomic mass is 10.1. The Bertz CT molecular complexity index is 1670. The summed E-state index contributed by atoms with van der Waals surface area (Å²) in [7, 11) is 0. The number of benzene rings is 2. The zero-order valence-electron chi connectivity index (χ0n) is 37.8. The smallest absolute Gasteiger partial charge is 0.408 e. The van der Waals surface area contributed by atoms with E-state index in [2.05, 4.69) is 21.3 Å². The number of esters is 1. The summed E-state index contributed by atoms with van der Waals surface area (Å²) < 4.78 is 36.8. The van der Waals surface area contributed by atoms with Crippen molar-refractivity contribution in [3.8, 4) is 0 Å². The maximum absolute atomic E-state index is 12.5. The molecule has 0 aliphatic rings. The fourth-order valence-electron chi connectivity index (χ4n) is 5.10. The number of carbonyl (C=O) groups is 7. The lowest BCUT2D eigenvalue weighted by Crippen LogP contribution is -2.48. The monoisotopic (exact) mass is 919 g/mol. The molecule has 364 valence electrons. The van der Waals surface area contributed by atoms with Gasteiger partial charge in [0.05, 0.1) is 46.2 Å². The minimum Gasteiger partial charge on any atom is -0.460 e. The zero-order valence-corrected chi connectivity index (χ0v) is 37.8. The third-order valence-corrected chi connectivity index (χ3v) is 8.19. The first kappa shape index (κ1) is 57.1. The lowest BCUT2D eigenvalue weighted by Gasteiger charge is -2.19. The van der Waals surface area contributed by atoms with Crippen LogP contribution in [0, 0.1) is 0 Å². The Morgan fingerprint density at radius 3 is 1.34 bits per heavy atom. The van der Waals surface area contributed by atoms with Gasteiger partial charge in [-0.3, -0.25) is 24.0 Å². The van der Waals surface area contributed by atoms with Gasteiger partial charge in [0.15, 0.2) is 0 Å². The second-order valence-electron chi connectivity index (χ2n) is 15.0. The molecule has 0 spiro atoms. The van der Waals surface area contributed by atoms with Gasteiger partial charge in [0.1, 0.15) is 30.9 Å². The van der Waals surface area contributed by atoms with Crippen LogP contribution in [0.5, 0.6) is 0 Å². The lowest BCUT2D eigenvalue weighted by molar-refractivity contribution is -0.155. The van der Waals surface area contributed by atoms with Crippen molar-refractivity contribution in [3.63, 3.8) is 0 Å². The Kier molecular flexibility index (Phi) is 31.2. The van der Waals surface area contributed by atoms with Gasteiger partial charge in [0, 0.05) is 45.5 Å². The van der Waals surface area contributed by atoms with Crippen LogP contribution in [-0.4, -0.2) is 132 Å². The number of carbonyl (C=O) groups excluding carboxylic acids is 7. The molecule has 2 atom stereocenters. The molecule has 0 radical (unpaired) electrons. The SMILES string of the molecule is CC(C)(C)OC(=O)CCCOCCOCCNC(=O)C(CCC(N)=O)NC(=O)OCc1ccccc1.NCCOCCOCCNC(=O)C(CCC(N)=O)NC(=O)OCc1ccccc1. The van der Waals surface area contributed by atoms with Crippen molar-refractivity contribution in [1.29, 1.82) is 0 Å². The molecule has 0 aliphatic heterocycles. The second kappa shape index (κ2) is 35.5. The van der Waals surface area contributed by atoms with Crippen molar-refractivity contribution in [3.05, 3.63) is 71.8 Å². The third-order valence-electron chi connectivity index (χ3n) is 8.19. The minimum atomic E-state index is -0.978. The van der Waals surface area contributed by atoms with Gasteiger partial charge >= 0.3 is 18.2 Å². The van der Waals surface area contributed by atoms with Crippen molar-refractivity contribution in [2.75, 3.05) is 72.5 Å². The number of nitrogens with one attached hydrogen (secondary N) is 4. The fourth-order valence-corrected chi connectivity index (χ4v) is 5.10. The van der Waals surface area contributed by atoms with Gasteiger partial charge in [-0.1, -0.05) is 60.7 Å². The molecule has 0 bridgehead atoms. The Morgan fingerprint density at radius 2 is 0.954 bits per heavy atom. The Balaban J connectivity index is 0.000000665. The van der Waals surface area contributed by atoms with E-state index >= 15 is 0 Å². The Morgan fingerprint density at radius 1 is 0.554 bits per heavy atom. The van der Waals surface area contributed by atoms with Crippen molar-refractivity contribution < 1.29 is 66.7 Å². The van der Waals surface area contributed by atoms with Crippen molar-refractivity contribution >= 4 is 41.8 Å². The number of rotatable bonds is 32. The van der Waals surface area contributed by atoms with Crippen LogP contribution in [0.3, 0.4) is 0 Å². The van der Waals surface area contributed by atoms with E-state index in [1.165, 1.54) is 0 Å². The van der Waals surface area contributed by atoms with Crippen molar-refractivity contribution in [2.45, 2.75) is 90.2 Å². The maximum Gasteiger partial charge on any atom is 0.408 e. The van der Waals surface area contributed by atoms with Gasteiger partial charge in [0.25, 0.3) is 0 Å². The molecule has 21 nitrogen and oxygen atoms in total. The van der Waals surface area contributed by atoms with E-state index in [1.54, 1.807) is 12.1 Å². The number of hydrogen-bond acceptors (Lipinski definition) is 15. The van der Waals surface area contributed by atoms with Crippen LogP contribution in [-0.2, 0) is 70.3 Å². The molecule has 0 heterocycles. The maximum atomic E-state index is 12.5. The summed E-state index contributed by atoms with van der Waals surface area (Å²) in [5.74, 6) is -2.34. The van der Waals surface area contributed by atoms with E-state index < -0.39 is 53.5 Å². The Hall–Kier alpha value is -5.87. The van der Waals surface area contributed by atoms with E-state index in [4.69, 9.17) is 50.4 Å². The van der Waals surface area contributed by atoms with E-state index in [1.807, 2.05) is 69.3 Å². The average Bonchev–Trinajstić information content (AvgIpc) is 3.26. The predicted octanol–water partition coefficient (Wildman–Crippen LogP) is 1.47. The van der Waals surface area contributed by atoms with E-state index in [0.29, 0.717) is 52.6 Å². The molecule has 6 amide bonds. The number of amides is 6. The highest BCUT2D eigenvalue weighted by atomic mass is 16.6. The molecule has 2 aromatic carbocycles. The van der Waals surface area contributed by atoms with Crippen molar-refractivity contribution in [1.82, 2.24) is 21.3 Å². The first-order chi connectivity index (χ1) is 31.1. The summed E-state index contributed by atoms with van der Waals surface area (Å²) in [6.07, 6.45) is -0.706. The van der Waals surface area contributed by atoms with Crippen LogP contribution in [0.15, 0.2) is 60.7 Å². The molecule has 0 saturated heterocycles. The topological polar surface area (TPSA) is 310 Å². The third kappa shape index (κ3) is 33.3. The number of ether oxygens (including phenoxy) is 7. The zero-order chi connectivity index (χ0) is 48.1. The summed E-state index contributed by atoms with van der Waals surface area (Å²) in [6.45, 7) is 9.30. The summed E-state index contributed by atoms with van der Waals surface area (Å²) in [6, 6.07) is 16.3. The number of alkyl carbamates (subject to hydrolysis) is 2. The highest BCUT2D eigenvalue weighted by Crippen LogP contribution is 2.09. The fraction of sp³-hybridized carbons (Fsp3) is 0.568. The summed E-state index contributed by atoms with van der Waals surface area (Å²) in [5, 5.41) is 10.2. The summed E-state index contributed by atoms with van der Waals surface area (Å²) in [4.78, 5) is 82.6. The van der Waals surface area contributed by atoms with Crippen LogP contribution in [0.2, 0.25) is 0 Å². The molecular formula is C44H69N7O14. The number of nitrogens with two attached hydrogens (primary N) is 3. The van der Waals surface area contributed by atoms with E-state index in [-0.39, 0.29) is 77.6 Å². The molecule has 0 saturated carbocycles. The van der Waals surface area contributed by atoms with Crippen LogP contribution in [0.1, 0.15) is 70.4 Å². The van der Waals surface area contributed by atoms with Crippen LogP contribution < -0.4 is 38.5 Å². The molecular weight excluding hydrogens is 851 g/mol. The van der Waals surface area contributed by atoms with Crippen LogP contribution in [0.25, 0.3) is 0 Å². The van der Waals surface area contributed by atoms with Gasteiger partial charge in [-0.05, 0) is 51.2 Å². The van der Waals surface area contributed by atoms with Gasteiger partial charge in [-0.25, -0.2) is 9.59 Å². The molecule has 0 fully saturated rings. The van der Waals surface area contributed by atoms with Gasteiger partial charge < -0.3 is 71.6 Å². The number of primary amides is 2. The molecule has 21 heteroatoms. The van der Waals surface area contributed by atoms with Crippen LogP contribution >= 0.6 is 0 Å². The Labute approximate surface area is 380 Å².